The van der Waals surface area contributed by atoms with Gasteiger partial charge in [0.1, 0.15) is 11.7 Å². The van der Waals surface area contributed by atoms with Gasteiger partial charge in [-0.1, -0.05) is 12.1 Å². The minimum atomic E-state index is -0.628. The third-order valence-electron chi connectivity index (χ3n) is 2.53. The Labute approximate surface area is 107 Å². The molecule has 0 saturated carbocycles. The number of nitrogens with one attached hydrogen (secondary N) is 1. The first-order chi connectivity index (χ1) is 8.24. The van der Waals surface area contributed by atoms with Crippen LogP contribution in [0.3, 0.4) is 0 Å². The second kappa shape index (κ2) is 5.48. The average Bonchev–Trinajstić information content (AvgIpc) is 2.73. The topological polar surface area (TPSA) is 80.0 Å². The number of carbonyl (C=O) groups excluding carboxylic acids is 1. The number of rotatable bonds is 4. The van der Waals surface area contributed by atoms with Crippen LogP contribution in [0.1, 0.15) is 58.9 Å². The molecule has 2 unspecified atom stereocenters. The van der Waals surface area contributed by atoms with Crippen molar-refractivity contribution in [2.24, 2.45) is 0 Å². The van der Waals surface area contributed by atoms with Crippen molar-refractivity contribution in [2.45, 2.75) is 58.7 Å². The molecule has 0 radical (unpaired) electrons. The normalized spacial score (nSPS) is 15.2. The SMILES string of the molecule is CCC(O)c1cn(C(C)C(=O)NC(C)(C)C)nn1. The van der Waals surface area contributed by atoms with Crippen LogP contribution in [0, 0.1) is 0 Å². The molecule has 0 bridgehead atoms. The quantitative estimate of drug-likeness (QED) is 0.846. The second-order valence-corrected chi connectivity index (χ2v) is 5.46. The molecule has 0 aliphatic rings. The Morgan fingerprint density at radius 1 is 1.56 bits per heavy atom. The molecule has 2 N–H and O–H groups in total. The summed E-state index contributed by atoms with van der Waals surface area (Å²) in [4.78, 5) is 11.9. The van der Waals surface area contributed by atoms with Gasteiger partial charge in [0.15, 0.2) is 0 Å². The van der Waals surface area contributed by atoms with E-state index in [0.29, 0.717) is 12.1 Å². The van der Waals surface area contributed by atoms with E-state index < -0.39 is 12.1 Å². The average molecular weight is 254 g/mol. The minimum absolute atomic E-state index is 0.120. The minimum Gasteiger partial charge on any atom is -0.387 e. The Morgan fingerprint density at radius 3 is 2.67 bits per heavy atom. The summed E-state index contributed by atoms with van der Waals surface area (Å²) >= 11 is 0. The van der Waals surface area contributed by atoms with Crippen LogP contribution in [0.5, 0.6) is 0 Å². The highest BCUT2D eigenvalue weighted by molar-refractivity contribution is 5.80. The number of hydrogen-bond acceptors (Lipinski definition) is 4. The molecule has 0 fully saturated rings. The first-order valence-electron chi connectivity index (χ1n) is 6.16. The van der Waals surface area contributed by atoms with Crippen molar-refractivity contribution < 1.29 is 9.90 Å². The standard InChI is InChI=1S/C12H22N4O2/c1-6-10(17)9-7-16(15-14-9)8(2)11(18)13-12(3,4)5/h7-8,10,17H,6H2,1-5H3,(H,13,18). The molecule has 0 aliphatic heterocycles. The summed E-state index contributed by atoms with van der Waals surface area (Å²) in [6, 6.07) is -0.450. The zero-order valence-electron chi connectivity index (χ0n) is 11.6. The lowest BCUT2D eigenvalue weighted by Crippen LogP contribution is -2.43. The Hall–Kier alpha value is -1.43. The van der Waals surface area contributed by atoms with E-state index in [-0.39, 0.29) is 11.4 Å². The van der Waals surface area contributed by atoms with Gasteiger partial charge in [0.2, 0.25) is 5.91 Å². The Balaban J connectivity index is 2.75. The lowest BCUT2D eigenvalue weighted by Gasteiger charge is -2.23. The molecule has 0 saturated heterocycles. The van der Waals surface area contributed by atoms with Crippen molar-refractivity contribution >= 4 is 5.91 Å². The van der Waals surface area contributed by atoms with E-state index in [9.17, 15) is 9.90 Å². The molecular weight excluding hydrogens is 232 g/mol. The van der Waals surface area contributed by atoms with Crippen LogP contribution in [0.25, 0.3) is 0 Å². The Bertz CT molecular complexity index is 408. The van der Waals surface area contributed by atoms with E-state index in [1.54, 1.807) is 13.1 Å². The first kappa shape index (κ1) is 14.6. The maximum absolute atomic E-state index is 11.9. The van der Waals surface area contributed by atoms with Gasteiger partial charge in [0.25, 0.3) is 0 Å². The predicted molar refractivity (Wildman–Crippen MR) is 67.9 cm³/mol. The Kier molecular flexibility index (Phi) is 4.45. The van der Waals surface area contributed by atoms with Crippen LogP contribution >= 0.6 is 0 Å². The van der Waals surface area contributed by atoms with Crippen molar-refractivity contribution in [1.82, 2.24) is 20.3 Å². The van der Waals surface area contributed by atoms with E-state index in [2.05, 4.69) is 15.6 Å². The molecule has 1 heterocycles. The first-order valence-corrected chi connectivity index (χ1v) is 6.16. The molecule has 1 aromatic rings. The summed E-state index contributed by atoms with van der Waals surface area (Å²) in [7, 11) is 0. The van der Waals surface area contributed by atoms with Crippen LogP contribution in [-0.4, -0.2) is 31.5 Å². The zero-order chi connectivity index (χ0) is 13.9. The fourth-order valence-electron chi connectivity index (χ4n) is 1.44. The second-order valence-electron chi connectivity index (χ2n) is 5.46. The fourth-order valence-corrected chi connectivity index (χ4v) is 1.44. The van der Waals surface area contributed by atoms with Crippen LogP contribution in [0.4, 0.5) is 0 Å². The highest BCUT2D eigenvalue weighted by atomic mass is 16.3. The predicted octanol–water partition coefficient (Wildman–Crippen LogP) is 1.20. The van der Waals surface area contributed by atoms with Gasteiger partial charge in [-0.15, -0.1) is 5.10 Å². The summed E-state index contributed by atoms with van der Waals surface area (Å²) < 4.78 is 1.47. The fraction of sp³-hybridized carbons (Fsp3) is 0.750. The number of aromatic nitrogens is 3. The van der Waals surface area contributed by atoms with Gasteiger partial charge >= 0.3 is 0 Å². The van der Waals surface area contributed by atoms with Crippen LogP contribution < -0.4 is 5.32 Å². The highest BCUT2D eigenvalue weighted by Gasteiger charge is 2.22. The van der Waals surface area contributed by atoms with Crippen molar-refractivity contribution in [3.63, 3.8) is 0 Å². The lowest BCUT2D eigenvalue weighted by atomic mass is 10.1. The van der Waals surface area contributed by atoms with Gasteiger partial charge in [0, 0.05) is 5.54 Å². The van der Waals surface area contributed by atoms with Gasteiger partial charge in [0.05, 0.1) is 12.3 Å². The molecule has 0 aromatic carbocycles. The summed E-state index contributed by atoms with van der Waals surface area (Å²) in [6.45, 7) is 9.37. The van der Waals surface area contributed by atoms with Crippen molar-refractivity contribution in [1.29, 1.82) is 0 Å². The summed E-state index contributed by atoms with van der Waals surface area (Å²) in [5.41, 5.74) is 0.213. The smallest absolute Gasteiger partial charge is 0.245 e. The summed E-state index contributed by atoms with van der Waals surface area (Å²) in [6.07, 6.45) is 1.55. The number of nitrogens with zero attached hydrogens (tertiary/aromatic N) is 3. The van der Waals surface area contributed by atoms with Crippen molar-refractivity contribution in [3.05, 3.63) is 11.9 Å². The molecule has 0 spiro atoms. The van der Waals surface area contributed by atoms with Crippen LogP contribution in [-0.2, 0) is 4.79 Å². The third kappa shape index (κ3) is 3.80. The van der Waals surface area contributed by atoms with Crippen LogP contribution in [0.2, 0.25) is 0 Å². The molecule has 6 nitrogen and oxygen atoms in total. The van der Waals surface area contributed by atoms with Gasteiger partial charge < -0.3 is 10.4 Å². The number of carbonyl (C=O) groups is 1. The summed E-state index contributed by atoms with van der Waals surface area (Å²) in [5.74, 6) is -0.120. The van der Waals surface area contributed by atoms with Gasteiger partial charge in [-0.05, 0) is 34.1 Å². The number of hydrogen-bond donors (Lipinski definition) is 2. The molecule has 1 aromatic heterocycles. The maximum Gasteiger partial charge on any atom is 0.245 e. The molecule has 18 heavy (non-hydrogen) atoms. The third-order valence-corrected chi connectivity index (χ3v) is 2.53. The van der Waals surface area contributed by atoms with Crippen LogP contribution in [0.15, 0.2) is 6.20 Å². The maximum atomic E-state index is 11.9. The van der Waals surface area contributed by atoms with E-state index in [4.69, 9.17) is 0 Å². The number of aliphatic hydroxyl groups is 1. The van der Waals surface area contributed by atoms with Gasteiger partial charge in [-0.25, -0.2) is 4.68 Å². The molecular formula is C12H22N4O2. The zero-order valence-corrected chi connectivity index (χ0v) is 11.6. The van der Waals surface area contributed by atoms with Crippen molar-refractivity contribution in [2.75, 3.05) is 0 Å². The van der Waals surface area contributed by atoms with E-state index in [1.165, 1.54) is 4.68 Å². The number of amides is 1. The molecule has 1 rings (SSSR count). The Morgan fingerprint density at radius 2 is 2.17 bits per heavy atom. The van der Waals surface area contributed by atoms with E-state index >= 15 is 0 Å². The van der Waals surface area contributed by atoms with E-state index in [1.807, 2.05) is 27.7 Å². The molecule has 2 atom stereocenters. The van der Waals surface area contributed by atoms with Crippen molar-refractivity contribution in [3.8, 4) is 0 Å². The monoisotopic (exact) mass is 254 g/mol. The van der Waals surface area contributed by atoms with E-state index in [0.717, 1.165) is 0 Å². The highest BCUT2D eigenvalue weighted by Crippen LogP contribution is 2.15. The molecule has 0 aliphatic carbocycles. The molecule has 6 heteroatoms. The molecule has 1 amide bonds. The molecule has 102 valence electrons. The lowest BCUT2D eigenvalue weighted by molar-refractivity contribution is -0.125. The van der Waals surface area contributed by atoms with Gasteiger partial charge in [-0.3, -0.25) is 4.79 Å². The van der Waals surface area contributed by atoms with Gasteiger partial charge in [-0.2, -0.15) is 0 Å². The number of aliphatic hydroxyl groups excluding tert-OH is 1. The summed E-state index contributed by atoms with van der Waals surface area (Å²) in [5, 5.41) is 20.3. The largest absolute Gasteiger partial charge is 0.387 e.